The molecule has 46 heavy (non-hydrogen) atoms. The highest BCUT2D eigenvalue weighted by molar-refractivity contribution is 6.17. The average molecular weight is 638 g/mol. The van der Waals surface area contributed by atoms with E-state index in [1.165, 1.54) is 36.9 Å². The molecule has 244 valence electrons. The molecule has 10 nitrogen and oxygen atoms in total. The van der Waals surface area contributed by atoms with Crippen LogP contribution in [0.25, 0.3) is 6.08 Å². The van der Waals surface area contributed by atoms with Gasteiger partial charge in [-0.3, -0.25) is 15.0 Å². The molecule has 0 saturated heterocycles. The van der Waals surface area contributed by atoms with Gasteiger partial charge in [0.05, 0.1) is 41.7 Å². The number of carbonyl (C=O) groups is 2. The molecule has 13 heteroatoms. The van der Waals surface area contributed by atoms with Gasteiger partial charge in [0.15, 0.2) is 0 Å². The van der Waals surface area contributed by atoms with E-state index < -0.39 is 17.6 Å². The van der Waals surface area contributed by atoms with Gasteiger partial charge in [0.25, 0.3) is 5.91 Å². The smallest absolute Gasteiger partial charge is 0.398 e. The summed E-state index contributed by atoms with van der Waals surface area (Å²) in [5.41, 5.74) is 13.1. The van der Waals surface area contributed by atoms with E-state index >= 15 is 0 Å². The minimum atomic E-state index is -4.57. The van der Waals surface area contributed by atoms with E-state index in [1.54, 1.807) is 6.08 Å². The van der Waals surface area contributed by atoms with Gasteiger partial charge in [0, 0.05) is 35.1 Å². The number of rotatable bonds is 12. The summed E-state index contributed by atoms with van der Waals surface area (Å²) in [4.78, 5) is 32.9. The molecule has 1 aliphatic rings. The Labute approximate surface area is 265 Å². The highest BCUT2D eigenvalue weighted by Crippen LogP contribution is 2.30. The van der Waals surface area contributed by atoms with Crippen molar-refractivity contribution in [1.82, 2.24) is 15.3 Å². The fraction of sp³-hybridized carbons (Fsp3) is 0.364. The van der Waals surface area contributed by atoms with Gasteiger partial charge in [0.1, 0.15) is 11.6 Å². The number of nitrogens with zero attached hydrogens (tertiary/aromatic N) is 2. The summed E-state index contributed by atoms with van der Waals surface area (Å²) in [6.07, 6.45) is 7.78. The third kappa shape index (κ3) is 9.36. The predicted molar refractivity (Wildman–Crippen MR) is 171 cm³/mol. The zero-order chi connectivity index (χ0) is 33.3. The van der Waals surface area contributed by atoms with Gasteiger partial charge in [-0.15, -0.1) is 0 Å². The van der Waals surface area contributed by atoms with E-state index in [4.69, 9.17) is 21.6 Å². The number of hydrogen-bond donors (Lipinski definition) is 5. The van der Waals surface area contributed by atoms with Crippen molar-refractivity contribution in [3.8, 4) is 0 Å². The molecule has 4 rings (SSSR count). The number of alkyl halides is 3. The molecular weight excluding hydrogens is 599 g/mol. The molecule has 1 saturated carbocycles. The highest BCUT2D eigenvalue weighted by atomic mass is 19.4. The number of pyridine rings is 2. The molecule has 0 spiro atoms. The van der Waals surface area contributed by atoms with Crippen molar-refractivity contribution >= 4 is 40.9 Å². The van der Waals surface area contributed by atoms with Crippen LogP contribution in [0.1, 0.15) is 84.5 Å². The zero-order valence-corrected chi connectivity index (χ0v) is 25.5. The van der Waals surface area contributed by atoms with Crippen LogP contribution >= 0.6 is 0 Å². The SMILES string of the molecule is C[C@@H](CC(=O)NC1CCCCC1)OCC/C=C/c1cnc(N)c(C(=N)c2ccc(C(=O)Nc3cc(C(F)(F)F)ccn3)cc2)c1N. The Hall–Kier alpha value is -4.78. The number of ether oxygens (including phenoxy) is 1. The van der Waals surface area contributed by atoms with E-state index in [0.717, 1.165) is 44.0 Å². The number of nitrogens with one attached hydrogen (secondary N) is 3. The third-order valence-corrected chi connectivity index (χ3v) is 7.62. The molecule has 2 amide bonds. The molecule has 0 radical (unpaired) electrons. The minimum absolute atomic E-state index is 0.0102. The second kappa shape index (κ2) is 15.5. The largest absolute Gasteiger partial charge is 0.416 e. The molecule has 1 aromatic carbocycles. The van der Waals surface area contributed by atoms with E-state index in [2.05, 4.69) is 20.6 Å². The molecule has 0 bridgehead atoms. The van der Waals surface area contributed by atoms with E-state index in [-0.39, 0.29) is 52.2 Å². The van der Waals surface area contributed by atoms with E-state index in [0.29, 0.717) is 30.6 Å². The van der Waals surface area contributed by atoms with Crippen LogP contribution in [0, 0.1) is 5.41 Å². The first-order chi connectivity index (χ1) is 21.9. The van der Waals surface area contributed by atoms with Crippen LogP contribution in [-0.4, -0.2) is 46.2 Å². The summed E-state index contributed by atoms with van der Waals surface area (Å²) in [6, 6.07) is 7.69. The molecule has 1 fully saturated rings. The van der Waals surface area contributed by atoms with Crippen LogP contribution in [0.2, 0.25) is 0 Å². The van der Waals surface area contributed by atoms with E-state index in [1.807, 2.05) is 13.0 Å². The lowest BCUT2D eigenvalue weighted by molar-refractivity contribution is -0.137. The van der Waals surface area contributed by atoms with Crippen LogP contribution in [0.5, 0.6) is 0 Å². The predicted octanol–water partition coefficient (Wildman–Crippen LogP) is 5.98. The Bertz CT molecular complexity index is 1570. The number of halogens is 3. The highest BCUT2D eigenvalue weighted by Gasteiger charge is 2.31. The lowest BCUT2D eigenvalue weighted by Crippen LogP contribution is -2.37. The second-order valence-corrected chi connectivity index (χ2v) is 11.2. The number of hydrogen-bond acceptors (Lipinski definition) is 8. The van der Waals surface area contributed by atoms with Crippen LogP contribution in [0.15, 0.2) is 54.9 Å². The fourth-order valence-corrected chi connectivity index (χ4v) is 5.15. The van der Waals surface area contributed by atoms with Crippen molar-refractivity contribution in [2.45, 2.75) is 70.2 Å². The van der Waals surface area contributed by atoms with Crippen molar-refractivity contribution in [2.24, 2.45) is 0 Å². The molecule has 2 aromatic heterocycles. The Balaban J connectivity index is 1.31. The van der Waals surface area contributed by atoms with Crippen molar-refractivity contribution in [3.63, 3.8) is 0 Å². The van der Waals surface area contributed by atoms with Crippen molar-refractivity contribution < 1.29 is 27.5 Å². The molecule has 0 unspecified atom stereocenters. The van der Waals surface area contributed by atoms with Crippen molar-refractivity contribution in [2.75, 3.05) is 23.4 Å². The number of anilines is 3. The molecule has 7 N–H and O–H groups in total. The summed E-state index contributed by atoms with van der Waals surface area (Å²) < 4.78 is 44.7. The number of nitrogens with two attached hydrogens (primary N) is 2. The standard InChI is InChI=1S/C33H38F3N7O3/c1-20(17-27(44)42-25-8-3-2-4-9-25)46-16-6-5-7-23-19-41-31(39)28(30(23)38)29(37)21-10-12-22(13-11-21)32(45)43-26-18-24(14-15-40-26)33(34,35)36/h5,7,10-15,18-20,25,37H,2-4,6,8-9,16-17H2,1H3,(H,42,44)(H4,38,39,41)(H,40,43,45)/b7-5+,37-29?/t20-/m0/s1. The summed E-state index contributed by atoms with van der Waals surface area (Å²) in [6.45, 7) is 2.28. The normalized spacial score (nSPS) is 14.6. The second-order valence-electron chi connectivity index (χ2n) is 11.2. The van der Waals surface area contributed by atoms with Gasteiger partial charge in [-0.25, -0.2) is 9.97 Å². The Morgan fingerprint density at radius 3 is 2.48 bits per heavy atom. The van der Waals surface area contributed by atoms with Gasteiger partial charge in [0.2, 0.25) is 5.91 Å². The summed E-state index contributed by atoms with van der Waals surface area (Å²) >= 11 is 0. The molecule has 3 aromatic rings. The summed E-state index contributed by atoms with van der Waals surface area (Å²) in [7, 11) is 0. The van der Waals surface area contributed by atoms with Crippen LogP contribution in [-0.2, 0) is 15.7 Å². The Morgan fingerprint density at radius 1 is 1.09 bits per heavy atom. The summed E-state index contributed by atoms with van der Waals surface area (Å²) in [5.74, 6) is -0.845. The number of carbonyl (C=O) groups excluding carboxylic acids is 2. The molecule has 1 atom stereocenters. The Kier molecular flexibility index (Phi) is 11.5. The maximum absolute atomic E-state index is 13.0. The first-order valence-electron chi connectivity index (χ1n) is 15.1. The van der Waals surface area contributed by atoms with Crippen LogP contribution in [0.4, 0.5) is 30.5 Å². The lowest BCUT2D eigenvalue weighted by Gasteiger charge is -2.23. The van der Waals surface area contributed by atoms with Crippen molar-refractivity contribution in [3.05, 3.63) is 82.7 Å². The minimum Gasteiger partial charge on any atom is -0.398 e. The lowest BCUT2D eigenvalue weighted by atomic mass is 9.95. The quantitative estimate of drug-likeness (QED) is 0.120. The molecule has 2 heterocycles. The first kappa shape index (κ1) is 34.1. The molecular formula is C33H38F3N7O3. The first-order valence-corrected chi connectivity index (χ1v) is 15.1. The zero-order valence-electron chi connectivity index (χ0n) is 25.5. The van der Waals surface area contributed by atoms with Gasteiger partial charge >= 0.3 is 6.18 Å². The molecule has 1 aliphatic carbocycles. The number of benzene rings is 1. The topological polar surface area (TPSA) is 169 Å². The van der Waals surface area contributed by atoms with E-state index in [9.17, 15) is 22.8 Å². The number of amides is 2. The van der Waals surface area contributed by atoms with Gasteiger partial charge < -0.3 is 26.8 Å². The van der Waals surface area contributed by atoms with Crippen molar-refractivity contribution in [1.29, 1.82) is 5.41 Å². The number of aromatic nitrogens is 2. The van der Waals surface area contributed by atoms with Gasteiger partial charge in [-0.05, 0) is 50.5 Å². The maximum Gasteiger partial charge on any atom is 0.416 e. The average Bonchev–Trinajstić information content (AvgIpc) is 3.02. The summed E-state index contributed by atoms with van der Waals surface area (Å²) in [5, 5.41) is 14.2. The van der Waals surface area contributed by atoms with Crippen LogP contribution < -0.4 is 22.1 Å². The Morgan fingerprint density at radius 2 is 1.78 bits per heavy atom. The third-order valence-electron chi connectivity index (χ3n) is 7.62. The van der Waals surface area contributed by atoms with Crippen LogP contribution in [0.3, 0.4) is 0 Å². The molecule has 0 aliphatic heterocycles. The monoisotopic (exact) mass is 637 g/mol. The van der Waals surface area contributed by atoms with Gasteiger partial charge in [-0.1, -0.05) is 43.5 Å². The van der Waals surface area contributed by atoms with Gasteiger partial charge in [-0.2, -0.15) is 13.2 Å². The fourth-order valence-electron chi connectivity index (χ4n) is 5.15. The number of nitrogen functional groups attached to an aromatic ring is 2. The maximum atomic E-state index is 13.0.